The predicted molar refractivity (Wildman–Crippen MR) is 253 cm³/mol. The first-order valence-electron chi connectivity index (χ1n) is 25.0. The molecule has 0 spiro atoms. The zero-order chi connectivity index (χ0) is 43.9. The molecule has 0 aliphatic rings. The lowest BCUT2D eigenvalue weighted by Gasteiger charge is -2.19. The Morgan fingerprint density at radius 1 is 0.475 bits per heavy atom. The van der Waals surface area contributed by atoms with Crippen LogP contribution >= 0.6 is 0 Å². The third-order valence-electron chi connectivity index (χ3n) is 11.4. The number of ether oxygens (including phenoxy) is 5. The van der Waals surface area contributed by atoms with Crippen molar-refractivity contribution in [1.82, 2.24) is 0 Å². The van der Waals surface area contributed by atoms with E-state index in [1.165, 1.54) is 154 Å². The van der Waals surface area contributed by atoms with Gasteiger partial charge < -0.3 is 23.7 Å². The minimum atomic E-state index is -0.649. The molecule has 2 aromatic rings. The summed E-state index contributed by atoms with van der Waals surface area (Å²) in [4.78, 5) is 26.1. The van der Waals surface area contributed by atoms with E-state index >= 15 is 0 Å². The number of rotatable bonds is 41. The summed E-state index contributed by atoms with van der Waals surface area (Å²) >= 11 is 0. The molecule has 0 aromatic heterocycles. The standard InChI is InChI=1S/C54H86O7/c1-5-9-12-15-18-21-24-27-30-33-40-57-50-43-49(54(56)61-46-52(55)60-45-48-38-36-47(8-4)37-39-48)44-51(58-41-34-31-28-25-22-19-16-13-10-6-2)53(50)59-42-35-32-29-26-23-20-17-14-11-7-3/h4,36-39,43-44H,5-7,9-35,40-42,45-46H2,1-3H3. The van der Waals surface area contributed by atoms with Gasteiger partial charge in [0, 0.05) is 5.56 Å². The molecule has 0 saturated carbocycles. The molecule has 7 nitrogen and oxygen atoms in total. The van der Waals surface area contributed by atoms with Crippen molar-refractivity contribution >= 4 is 11.9 Å². The zero-order valence-electron chi connectivity index (χ0n) is 39.1. The van der Waals surface area contributed by atoms with Gasteiger partial charge in [-0.3, -0.25) is 0 Å². The number of hydrogen-bond donors (Lipinski definition) is 0. The van der Waals surface area contributed by atoms with E-state index in [1.807, 2.05) is 12.1 Å². The second-order valence-corrected chi connectivity index (χ2v) is 17.0. The van der Waals surface area contributed by atoms with E-state index in [9.17, 15) is 9.59 Å². The van der Waals surface area contributed by atoms with Crippen LogP contribution in [-0.4, -0.2) is 38.4 Å². The Kier molecular flexibility index (Phi) is 33.4. The smallest absolute Gasteiger partial charge is 0.344 e. The van der Waals surface area contributed by atoms with Gasteiger partial charge in [0.25, 0.3) is 0 Å². The van der Waals surface area contributed by atoms with Crippen LogP contribution in [0.1, 0.15) is 235 Å². The van der Waals surface area contributed by atoms with Crippen molar-refractivity contribution in [2.24, 2.45) is 0 Å². The van der Waals surface area contributed by atoms with Gasteiger partial charge in [-0.05, 0) is 49.1 Å². The fourth-order valence-electron chi connectivity index (χ4n) is 7.47. The largest absolute Gasteiger partial charge is 0.490 e. The summed E-state index contributed by atoms with van der Waals surface area (Å²) in [6, 6.07) is 10.6. The van der Waals surface area contributed by atoms with Crippen molar-refractivity contribution in [1.29, 1.82) is 0 Å². The number of carbonyl (C=O) groups is 2. The molecule has 0 amide bonds. The molecular formula is C54H86O7. The van der Waals surface area contributed by atoms with Gasteiger partial charge in [-0.1, -0.05) is 212 Å². The fraction of sp³-hybridized carbons (Fsp3) is 0.704. The van der Waals surface area contributed by atoms with Crippen LogP contribution in [0.15, 0.2) is 36.4 Å². The number of carbonyl (C=O) groups excluding carboxylic acids is 2. The number of benzene rings is 2. The van der Waals surface area contributed by atoms with Crippen molar-refractivity contribution < 1.29 is 33.3 Å². The highest BCUT2D eigenvalue weighted by Crippen LogP contribution is 2.40. The maximum atomic E-state index is 13.5. The molecule has 0 aliphatic heterocycles. The van der Waals surface area contributed by atoms with Crippen molar-refractivity contribution in [3.05, 3.63) is 53.1 Å². The second-order valence-electron chi connectivity index (χ2n) is 17.0. The Bertz CT molecular complexity index is 1360. The summed E-state index contributed by atoms with van der Waals surface area (Å²) in [5.74, 6) is 2.79. The monoisotopic (exact) mass is 847 g/mol. The highest BCUT2D eigenvalue weighted by Gasteiger charge is 2.21. The van der Waals surface area contributed by atoms with Crippen LogP contribution in [-0.2, 0) is 20.9 Å². The molecule has 344 valence electrons. The Morgan fingerprint density at radius 2 is 0.836 bits per heavy atom. The quantitative estimate of drug-likeness (QED) is 0.0374. The average Bonchev–Trinajstić information content (AvgIpc) is 3.28. The second kappa shape index (κ2) is 38.0. The molecule has 7 heteroatoms. The summed E-state index contributed by atoms with van der Waals surface area (Å²) in [6.07, 6.45) is 42.6. The molecule has 0 heterocycles. The Balaban J connectivity index is 2.08. The molecule has 2 rings (SSSR count). The van der Waals surface area contributed by atoms with E-state index < -0.39 is 18.5 Å². The van der Waals surface area contributed by atoms with E-state index in [4.69, 9.17) is 30.1 Å². The molecule has 0 fully saturated rings. The fourth-order valence-corrected chi connectivity index (χ4v) is 7.47. The maximum Gasteiger partial charge on any atom is 0.344 e. The lowest BCUT2D eigenvalue weighted by atomic mass is 10.1. The van der Waals surface area contributed by atoms with Crippen LogP contribution < -0.4 is 14.2 Å². The van der Waals surface area contributed by atoms with Gasteiger partial charge in [0.2, 0.25) is 5.75 Å². The van der Waals surface area contributed by atoms with Crippen molar-refractivity contribution in [3.8, 4) is 29.6 Å². The normalized spacial score (nSPS) is 11.0. The van der Waals surface area contributed by atoms with Crippen LogP contribution in [0.3, 0.4) is 0 Å². The van der Waals surface area contributed by atoms with Gasteiger partial charge in [0.15, 0.2) is 18.1 Å². The minimum Gasteiger partial charge on any atom is -0.490 e. The van der Waals surface area contributed by atoms with Crippen LogP contribution in [0.5, 0.6) is 17.2 Å². The molecule has 0 aliphatic carbocycles. The van der Waals surface area contributed by atoms with E-state index in [-0.39, 0.29) is 12.2 Å². The third kappa shape index (κ3) is 27.8. The predicted octanol–water partition coefficient (Wildman–Crippen LogP) is 15.5. The van der Waals surface area contributed by atoms with Crippen LogP contribution in [0.25, 0.3) is 0 Å². The molecule has 0 saturated heterocycles. The molecule has 61 heavy (non-hydrogen) atoms. The topological polar surface area (TPSA) is 80.3 Å². The van der Waals surface area contributed by atoms with Gasteiger partial charge in [0.05, 0.1) is 25.4 Å². The van der Waals surface area contributed by atoms with Gasteiger partial charge in [0.1, 0.15) is 6.61 Å². The maximum absolute atomic E-state index is 13.5. The Hall–Kier alpha value is -3.66. The average molecular weight is 847 g/mol. The summed E-state index contributed by atoms with van der Waals surface area (Å²) < 4.78 is 30.1. The van der Waals surface area contributed by atoms with Crippen molar-refractivity contribution in [2.75, 3.05) is 26.4 Å². The highest BCUT2D eigenvalue weighted by molar-refractivity contribution is 5.92. The van der Waals surface area contributed by atoms with Gasteiger partial charge >= 0.3 is 11.9 Å². The molecular weight excluding hydrogens is 761 g/mol. The number of terminal acetylenes is 1. The number of unbranched alkanes of at least 4 members (excludes halogenated alkanes) is 27. The first kappa shape index (κ1) is 53.5. The minimum absolute atomic E-state index is 0.0558. The van der Waals surface area contributed by atoms with Gasteiger partial charge in [-0.2, -0.15) is 0 Å². The summed E-state index contributed by atoms with van der Waals surface area (Å²) in [5.41, 5.74) is 1.79. The highest BCUT2D eigenvalue weighted by atomic mass is 16.6. The SMILES string of the molecule is C#Cc1ccc(COC(=O)COC(=O)c2cc(OCCCCCCCCCCCC)c(OCCCCCCCCCCCC)c(OCCCCCCCCCCCC)c2)cc1. The van der Waals surface area contributed by atoms with E-state index in [1.54, 1.807) is 24.3 Å². The zero-order valence-corrected chi connectivity index (χ0v) is 39.1. The summed E-state index contributed by atoms with van der Waals surface area (Å²) in [6.45, 7) is 7.89. The molecule has 0 unspecified atom stereocenters. The summed E-state index contributed by atoms with van der Waals surface area (Å²) in [5, 5.41) is 0. The van der Waals surface area contributed by atoms with E-state index in [0.29, 0.717) is 37.1 Å². The molecule has 0 bridgehead atoms. The molecule has 0 N–H and O–H groups in total. The van der Waals surface area contributed by atoms with Gasteiger partial charge in [-0.25, -0.2) is 9.59 Å². The first-order chi connectivity index (χ1) is 30.0. The lowest BCUT2D eigenvalue weighted by molar-refractivity contribution is -0.148. The third-order valence-corrected chi connectivity index (χ3v) is 11.4. The Labute approximate surface area is 373 Å². The van der Waals surface area contributed by atoms with Crippen LogP contribution in [0.4, 0.5) is 0 Å². The van der Waals surface area contributed by atoms with E-state index in [0.717, 1.165) is 49.7 Å². The van der Waals surface area contributed by atoms with E-state index in [2.05, 4.69) is 26.7 Å². The van der Waals surface area contributed by atoms with Gasteiger partial charge in [-0.15, -0.1) is 6.42 Å². The van der Waals surface area contributed by atoms with Crippen molar-refractivity contribution in [2.45, 2.75) is 220 Å². The summed E-state index contributed by atoms with van der Waals surface area (Å²) in [7, 11) is 0. The number of esters is 2. The first-order valence-corrected chi connectivity index (χ1v) is 25.0. The van der Waals surface area contributed by atoms with Crippen molar-refractivity contribution in [3.63, 3.8) is 0 Å². The van der Waals surface area contributed by atoms with Crippen LogP contribution in [0.2, 0.25) is 0 Å². The molecule has 2 aromatic carbocycles. The Morgan fingerprint density at radius 3 is 1.21 bits per heavy atom. The lowest BCUT2D eigenvalue weighted by Crippen LogP contribution is -2.17. The van der Waals surface area contributed by atoms with Crippen LogP contribution in [0, 0.1) is 12.3 Å². The molecule has 0 atom stereocenters. The number of hydrogen-bond acceptors (Lipinski definition) is 7. The molecule has 0 radical (unpaired) electrons.